The summed E-state index contributed by atoms with van der Waals surface area (Å²) in [6.45, 7) is 0. The minimum absolute atomic E-state index is 0.0170. The van der Waals surface area contributed by atoms with Gasteiger partial charge in [0.2, 0.25) is 0 Å². The van der Waals surface area contributed by atoms with Crippen LogP contribution in [0.15, 0.2) is 0 Å². The summed E-state index contributed by atoms with van der Waals surface area (Å²) in [5.41, 5.74) is 44.6. The zero-order chi connectivity index (χ0) is 12.3. The van der Waals surface area contributed by atoms with Gasteiger partial charge in [-0.3, -0.25) is 0 Å². The van der Waals surface area contributed by atoms with Gasteiger partial charge in [-0.2, -0.15) is 0 Å². The third kappa shape index (κ3) is 1.30. The van der Waals surface area contributed by atoms with Crippen LogP contribution in [0.4, 0.5) is 0 Å². The van der Waals surface area contributed by atoms with E-state index in [9.17, 15) is 0 Å². The predicted molar refractivity (Wildman–Crippen MR) is 57.0 cm³/mol. The molecule has 0 amide bonds. The monoisotopic (exact) mass is 219 g/mol. The molecular weight excluding hydrogens is 198 g/mol. The molecule has 1 aliphatic carbocycles. The van der Waals surface area contributed by atoms with E-state index in [1.807, 2.05) is 0 Å². The second-order valence-corrected chi connectivity index (χ2v) is 4.52. The molecule has 0 saturated heterocycles. The fraction of sp³-hybridized carbons (Fsp3) is 1.00. The summed E-state index contributed by atoms with van der Waals surface area (Å²) in [5, 5.41) is 0. The third-order valence-corrected chi connectivity index (χ3v) is 3.34. The van der Waals surface area contributed by atoms with Gasteiger partial charge in [0.25, 0.3) is 0 Å². The molecule has 15 heavy (non-hydrogen) atoms. The Balaban J connectivity index is 3.30. The highest BCUT2D eigenvalue weighted by Crippen LogP contribution is 2.32. The lowest BCUT2D eigenvalue weighted by atomic mass is 9.65. The highest BCUT2D eigenvalue weighted by Gasteiger charge is 2.66. The van der Waals surface area contributed by atoms with Crippen molar-refractivity contribution in [1.82, 2.24) is 0 Å². The first-order chi connectivity index (χ1) is 6.38. The molecule has 1 fully saturated rings. The van der Waals surface area contributed by atoms with Crippen molar-refractivity contribution in [2.75, 3.05) is 0 Å². The molecule has 0 bridgehead atoms. The van der Waals surface area contributed by atoms with Crippen LogP contribution in [0, 0.1) is 0 Å². The fourth-order valence-corrected chi connectivity index (χ4v) is 1.75. The maximum absolute atomic E-state index is 5.74. The Morgan fingerprint density at radius 3 is 1.53 bits per heavy atom. The van der Waals surface area contributed by atoms with E-state index in [-0.39, 0.29) is 6.42 Å². The predicted octanol–water partition coefficient (Wildman–Crippen LogP) is -5.83. The molecule has 90 valence electrons. The highest BCUT2D eigenvalue weighted by molar-refractivity contribution is 5.26. The SMILES string of the molecule is NC1CC(N)(N)C(N)(N)C(N)(N)C1(N)N. The average Bonchev–Trinajstić information content (AvgIpc) is 2.00. The molecule has 9 heteroatoms. The van der Waals surface area contributed by atoms with Gasteiger partial charge in [-0.1, -0.05) is 0 Å². The van der Waals surface area contributed by atoms with Crippen LogP contribution in [0.3, 0.4) is 0 Å². The molecule has 18 N–H and O–H groups in total. The Morgan fingerprint density at radius 1 is 0.733 bits per heavy atom. The zero-order valence-electron chi connectivity index (χ0n) is 8.48. The summed E-state index contributed by atoms with van der Waals surface area (Å²) in [6, 6.07) is -0.803. The van der Waals surface area contributed by atoms with E-state index in [0.717, 1.165) is 0 Å². The maximum Gasteiger partial charge on any atom is 0.132 e. The third-order valence-electron chi connectivity index (χ3n) is 3.34. The van der Waals surface area contributed by atoms with E-state index < -0.39 is 28.7 Å². The molecular formula is C6H21N9. The molecule has 0 spiro atoms. The van der Waals surface area contributed by atoms with E-state index in [4.69, 9.17) is 51.6 Å². The molecule has 0 aromatic carbocycles. The molecule has 9 nitrogen and oxygen atoms in total. The lowest BCUT2D eigenvalue weighted by Gasteiger charge is -2.61. The van der Waals surface area contributed by atoms with Crippen molar-refractivity contribution in [1.29, 1.82) is 0 Å². The first kappa shape index (κ1) is 12.7. The van der Waals surface area contributed by atoms with E-state index in [0.29, 0.717) is 0 Å². The minimum Gasteiger partial charge on any atom is -0.325 e. The van der Waals surface area contributed by atoms with Crippen LogP contribution < -0.4 is 51.6 Å². The standard InChI is InChI=1S/C6H21N9/c7-2-1-3(8,9)5(12,13)6(14,15)4(2,10)11/h2H,1,7-15H2. The second-order valence-electron chi connectivity index (χ2n) is 4.52. The Bertz CT molecular complexity index is 268. The van der Waals surface area contributed by atoms with Crippen molar-refractivity contribution in [3.8, 4) is 0 Å². The van der Waals surface area contributed by atoms with Crippen molar-refractivity contribution in [2.45, 2.75) is 35.1 Å². The van der Waals surface area contributed by atoms with Gasteiger partial charge >= 0.3 is 0 Å². The molecule has 1 rings (SSSR count). The fourth-order valence-electron chi connectivity index (χ4n) is 1.75. The van der Waals surface area contributed by atoms with Crippen molar-refractivity contribution < 1.29 is 0 Å². The van der Waals surface area contributed by atoms with Gasteiger partial charge < -0.3 is 51.6 Å². The van der Waals surface area contributed by atoms with Gasteiger partial charge in [-0.15, -0.1) is 0 Å². The Kier molecular flexibility index (Phi) is 2.42. The summed E-state index contributed by atoms with van der Waals surface area (Å²) in [5.74, 6) is 0. The van der Waals surface area contributed by atoms with E-state index >= 15 is 0 Å². The highest BCUT2D eigenvalue weighted by atomic mass is 15.3. The zero-order valence-corrected chi connectivity index (χ0v) is 8.48. The molecule has 0 heterocycles. The molecule has 1 aliphatic rings. The minimum atomic E-state index is -1.89. The molecule has 1 atom stereocenters. The molecule has 0 aromatic rings. The number of hydrogen-bond donors (Lipinski definition) is 9. The summed E-state index contributed by atoms with van der Waals surface area (Å²) >= 11 is 0. The van der Waals surface area contributed by atoms with E-state index in [2.05, 4.69) is 0 Å². The average molecular weight is 219 g/mol. The van der Waals surface area contributed by atoms with Crippen LogP contribution in [0.5, 0.6) is 0 Å². The summed E-state index contributed by atoms with van der Waals surface area (Å²) in [4.78, 5) is 0. The molecule has 0 aromatic heterocycles. The molecule has 1 saturated carbocycles. The first-order valence-electron chi connectivity index (χ1n) is 4.44. The molecule has 1 unspecified atom stereocenters. The summed E-state index contributed by atoms with van der Waals surface area (Å²) in [7, 11) is 0. The van der Waals surface area contributed by atoms with Gasteiger partial charge in [0.1, 0.15) is 22.7 Å². The summed E-state index contributed by atoms with van der Waals surface area (Å²) < 4.78 is 0. The lowest BCUT2D eigenvalue weighted by Crippen LogP contribution is -3.02. The van der Waals surface area contributed by atoms with Crippen LogP contribution in [-0.4, -0.2) is 28.7 Å². The Morgan fingerprint density at radius 2 is 1.13 bits per heavy atom. The van der Waals surface area contributed by atoms with Crippen molar-refractivity contribution in [3.63, 3.8) is 0 Å². The summed E-state index contributed by atoms with van der Waals surface area (Å²) in [6.07, 6.45) is 0.0170. The van der Waals surface area contributed by atoms with E-state index in [1.165, 1.54) is 0 Å². The topological polar surface area (TPSA) is 234 Å². The number of rotatable bonds is 0. The first-order valence-corrected chi connectivity index (χ1v) is 4.44. The van der Waals surface area contributed by atoms with E-state index in [1.54, 1.807) is 0 Å². The van der Waals surface area contributed by atoms with Gasteiger partial charge in [0, 0.05) is 6.04 Å². The van der Waals surface area contributed by atoms with Gasteiger partial charge in [0.15, 0.2) is 0 Å². The van der Waals surface area contributed by atoms with Crippen molar-refractivity contribution in [3.05, 3.63) is 0 Å². The van der Waals surface area contributed by atoms with Crippen LogP contribution in [0.1, 0.15) is 6.42 Å². The van der Waals surface area contributed by atoms with Crippen LogP contribution in [0.2, 0.25) is 0 Å². The largest absolute Gasteiger partial charge is 0.325 e. The molecule has 0 radical (unpaired) electrons. The Hall–Kier alpha value is -0.360. The normalized spacial score (nSPS) is 36.2. The van der Waals surface area contributed by atoms with Gasteiger partial charge in [-0.25, -0.2) is 0 Å². The van der Waals surface area contributed by atoms with Crippen LogP contribution in [-0.2, 0) is 0 Å². The smallest absolute Gasteiger partial charge is 0.132 e. The second kappa shape index (κ2) is 2.85. The Labute approximate surface area is 87.6 Å². The lowest BCUT2D eigenvalue weighted by molar-refractivity contribution is -0.0120. The number of nitrogens with two attached hydrogens (primary N) is 9. The maximum atomic E-state index is 5.74. The van der Waals surface area contributed by atoms with Gasteiger partial charge in [-0.05, 0) is 6.42 Å². The van der Waals surface area contributed by atoms with Crippen molar-refractivity contribution >= 4 is 0 Å². The number of hydrogen-bond acceptors (Lipinski definition) is 9. The van der Waals surface area contributed by atoms with Gasteiger partial charge in [0.05, 0.1) is 0 Å². The van der Waals surface area contributed by atoms with Crippen molar-refractivity contribution in [2.24, 2.45) is 51.6 Å². The quantitative estimate of drug-likeness (QED) is 0.176. The van der Waals surface area contributed by atoms with Crippen LogP contribution in [0.25, 0.3) is 0 Å². The van der Waals surface area contributed by atoms with Crippen LogP contribution >= 0.6 is 0 Å². The molecule has 0 aliphatic heterocycles.